The predicted molar refractivity (Wildman–Crippen MR) is 183 cm³/mol. The zero-order valence-corrected chi connectivity index (χ0v) is 26.9. The lowest BCUT2D eigenvalue weighted by molar-refractivity contribution is 0.533. The number of fused-ring (bicyclic) bond motifs is 3. The molecule has 0 saturated heterocycles. The lowest BCUT2D eigenvalue weighted by atomic mass is 9.97. The van der Waals surface area contributed by atoms with Crippen LogP contribution in [0.15, 0.2) is 59.0 Å². The van der Waals surface area contributed by atoms with E-state index in [1.165, 1.54) is 95.5 Å². The Balaban J connectivity index is 1.36. The number of rotatable bonds is 19. The molecule has 3 heteroatoms. The van der Waals surface area contributed by atoms with E-state index in [0.717, 1.165) is 58.5 Å². The van der Waals surface area contributed by atoms with E-state index >= 15 is 4.39 Å². The third-order valence-electron chi connectivity index (χ3n) is 8.81. The van der Waals surface area contributed by atoms with Crippen molar-refractivity contribution in [1.82, 2.24) is 0 Å². The third-order valence-corrected chi connectivity index (χ3v) is 9.11. The number of halogens is 1. The van der Waals surface area contributed by atoms with Crippen molar-refractivity contribution in [3.63, 3.8) is 0 Å². The number of unbranched alkanes of at least 4 members (excludes halogenated alkanes) is 14. The van der Waals surface area contributed by atoms with Crippen molar-refractivity contribution >= 4 is 34.0 Å². The van der Waals surface area contributed by atoms with E-state index in [0.29, 0.717) is 10.3 Å². The van der Waals surface area contributed by atoms with Gasteiger partial charge in [-0.2, -0.15) is 0 Å². The van der Waals surface area contributed by atoms with E-state index in [-0.39, 0.29) is 5.82 Å². The minimum absolute atomic E-state index is 0.250. The van der Waals surface area contributed by atoms with E-state index in [1.807, 2.05) is 12.1 Å². The van der Waals surface area contributed by atoms with Gasteiger partial charge in [-0.1, -0.05) is 152 Å². The molecule has 4 rings (SSSR count). The Bertz CT molecular complexity index is 1440. The molecule has 0 spiro atoms. The lowest BCUT2D eigenvalue weighted by Crippen LogP contribution is -1.94. The van der Waals surface area contributed by atoms with Crippen molar-refractivity contribution in [2.45, 2.75) is 129 Å². The molecule has 0 bridgehead atoms. The second kappa shape index (κ2) is 17.6. The zero-order valence-electron chi connectivity index (χ0n) is 26.1. The molecule has 42 heavy (non-hydrogen) atoms. The van der Waals surface area contributed by atoms with Crippen LogP contribution in [0.5, 0.6) is 0 Å². The maximum atomic E-state index is 15.5. The minimum atomic E-state index is -0.250. The van der Waals surface area contributed by atoms with Gasteiger partial charge >= 0.3 is 0 Å². The maximum absolute atomic E-state index is 15.5. The van der Waals surface area contributed by atoms with Crippen molar-refractivity contribution in [3.8, 4) is 11.1 Å². The molecule has 0 atom stereocenters. The van der Waals surface area contributed by atoms with Crippen LogP contribution < -0.4 is 0 Å². The van der Waals surface area contributed by atoms with Crippen LogP contribution in [0.4, 0.5) is 4.39 Å². The molecule has 0 unspecified atom stereocenters. The summed E-state index contributed by atoms with van der Waals surface area (Å²) in [6, 6.07) is 19.2. The van der Waals surface area contributed by atoms with Gasteiger partial charge in [0.25, 0.3) is 0 Å². The Morgan fingerprint density at radius 2 is 1.07 bits per heavy atom. The predicted octanol–water partition coefficient (Wildman–Crippen LogP) is 13.5. The van der Waals surface area contributed by atoms with Gasteiger partial charge in [0, 0.05) is 10.8 Å². The summed E-state index contributed by atoms with van der Waals surface area (Å²) in [4.78, 5) is 0. The van der Waals surface area contributed by atoms with Crippen LogP contribution in [0.1, 0.15) is 128 Å². The van der Waals surface area contributed by atoms with E-state index in [1.54, 1.807) is 0 Å². The number of hydrogen-bond donors (Lipinski definition) is 0. The first-order chi connectivity index (χ1) is 20.6. The second-order valence-electron chi connectivity index (χ2n) is 12.2. The molecule has 0 N–H and O–H groups in total. The Labute approximate surface area is 258 Å². The van der Waals surface area contributed by atoms with Crippen LogP contribution >= 0.6 is 12.2 Å². The average Bonchev–Trinajstić information content (AvgIpc) is 3.01. The van der Waals surface area contributed by atoms with E-state index in [2.05, 4.69) is 56.3 Å². The molecule has 0 aliphatic heterocycles. The summed E-state index contributed by atoms with van der Waals surface area (Å²) in [6.07, 6.45) is 22.6. The summed E-state index contributed by atoms with van der Waals surface area (Å²) in [5, 5.41) is 2.62. The fourth-order valence-corrected chi connectivity index (χ4v) is 6.41. The molecular formula is C39H51FOS. The highest BCUT2D eigenvalue weighted by atomic mass is 32.1. The van der Waals surface area contributed by atoms with E-state index < -0.39 is 0 Å². The topological polar surface area (TPSA) is 13.1 Å². The van der Waals surface area contributed by atoms with Gasteiger partial charge in [-0.05, 0) is 71.6 Å². The molecular weight excluding hydrogens is 535 g/mol. The summed E-state index contributed by atoms with van der Waals surface area (Å²) < 4.78 is 21.9. The highest BCUT2D eigenvalue weighted by Gasteiger charge is 2.14. The van der Waals surface area contributed by atoms with Crippen molar-refractivity contribution in [2.24, 2.45) is 0 Å². The minimum Gasteiger partial charge on any atom is -0.441 e. The van der Waals surface area contributed by atoms with Crippen LogP contribution in [0.2, 0.25) is 0 Å². The lowest BCUT2D eigenvalue weighted by Gasteiger charge is -2.10. The van der Waals surface area contributed by atoms with Crippen LogP contribution in [-0.2, 0) is 12.8 Å². The van der Waals surface area contributed by atoms with Crippen LogP contribution in [0.25, 0.3) is 32.9 Å². The van der Waals surface area contributed by atoms with Gasteiger partial charge in [0.05, 0.1) is 0 Å². The Morgan fingerprint density at radius 3 is 1.69 bits per heavy atom. The highest BCUT2D eigenvalue weighted by molar-refractivity contribution is 7.71. The molecule has 0 aliphatic rings. The van der Waals surface area contributed by atoms with Crippen molar-refractivity contribution in [1.29, 1.82) is 0 Å². The third kappa shape index (κ3) is 9.24. The number of benzene rings is 3. The highest BCUT2D eigenvalue weighted by Crippen LogP contribution is 2.33. The standard InChI is InChI=1S/C39H51FOS/c1-3-5-7-9-11-13-15-17-19-30-21-23-31(24-22-30)33-26-27-34-35-28-25-32(20-18-16-14-12-10-8-6-4-2)37(40)38(35)41-39(42)36(34)29-33/h21-29H,3-20H2,1-2H3. The average molecular weight is 587 g/mol. The molecule has 3 aromatic carbocycles. The molecule has 1 nitrogen and oxygen atoms in total. The molecule has 1 aromatic heterocycles. The summed E-state index contributed by atoms with van der Waals surface area (Å²) in [5.41, 5.74) is 4.69. The van der Waals surface area contributed by atoms with Gasteiger partial charge in [-0.25, -0.2) is 4.39 Å². The first kappa shape index (κ1) is 32.4. The molecule has 0 amide bonds. The van der Waals surface area contributed by atoms with Crippen molar-refractivity contribution in [3.05, 3.63) is 76.2 Å². The Kier molecular flexibility index (Phi) is 13.5. The summed E-state index contributed by atoms with van der Waals surface area (Å²) in [6.45, 7) is 4.52. The quantitative estimate of drug-likeness (QED) is 0.0616. The molecule has 0 radical (unpaired) electrons. The Hall–Kier alpha value is -2.52. The summed E-state index contributed by atoms with van der Waals surface area (Å²) in [5.74, 6) is -0.250. The summed E-state index contributed by atoms with van der Waals surface area (Å²) >= 11 is 5.65. The maximum Gasteiger partial charge on any atom is 0.198 e. The van der Waals surface area contributed by atoms with Gasteiger partial charge < -0.3 is 4.42 Å². The van der Waals surface area contributed by atoms with Gasteiger partial charge in [-0.15, -0.1) is 0 Å². The first-order valence-corrected chi connectivity index (χ1v) is 17.3. The Morgan fingerprint density at radius 1 is 0.548 bits per heavy atom. The van der Waals surface area contributed by atoms with Crippen LogP contribution in [0, 0.1) is 10.5 Å². The number of aryl methyl sites for hydroxylation is 2. The fraction of sp³-hybridized carbons (Fsp3) is 0.513. The molecule has 0 saturated carbocycles. The van der Waals surface area contributed by atoms with Crippen molar-refractivity contribution < 1.29 is 8.81 Å². The normalized spacial score (nSPS) is 11.6. The van der Waals surface area contributed by atoms with Gasteiger partial charge in [0.1, 0.15) is 0 Å². The molecule has 1 heterocycles. The second-order valence-corrected chi connectivity index (χ2v) is 12.6. The van der Waals surface area contributed by atoms with Gasteiger partial charge in [0.15, 0.2) is 16.1 Å². The van der Waals surface area contributed by atoms with Crippen LogP contribution in [-0.4, -0.2) is 0 Å². The first-order valence-electron chi connectivity index (χ1n) is 16.9. The number of hydrogen-bond acceptors (Lipinski definition) is 2. The zero-order chi connectivity index (χ0) is 29.6. The van der Waals surface area contributed by atoms with Crippen LogP contribution in [0.3, 0.4) is 0 Å². The van der Waals surface area contributed by atoms with Gasteiger partial charge in [0.2, 0.25) is 0 Å². The SMILES string of the molecule is CCCCCCCCCCc1ccc(-c2ccc3c(c2)c(=S)oc2c(F)c(CCCCCCCCCC)ccc23)cc1. The molecule has 4 aromatic rings. The molecule has 0 fully saturated rings. The van der Waals surface area contributed by atoms with E-state index in [9.17, 15) is 0 Å². The monoisotopic (exact) mass is 586 g/mol. The molecule has 0 aliphatic carbocycles. The smallest absolute Gasteiger partial charge is 0.198 e. The van der Waals surface area contributed by atoms with E-state index in [4.69, 9.17) is 16.6 Å². The fourth-order valence-electron chi connectivity index (χ4n) is 6.15. The van der Waals surface area contributed by atoms with Gasteiger partial charge in [-0.3, -0.25) is 0 Å². The largest absolute Gasteiger partial charge is 0.441 e. The molecule has 226 valence electrons. The van der Waals surface area contributed by atoms with Crippen molar-refractivity contribution in [2.75, 3.05) is 0 Å². The summed E-state index contributed by atoms with van der Waals surface area (Å²) in [7, 11) is 0.